The molecule has 0 radical (unpaired) electrons. The van der Waals surface area contributed by atoms with Gasteiger partial charge in [-0.25, -0.2) is 0 Å². The third kappa shape index (κ3) is 3.93. The number of rotatable bonds is 6. The number of ether oxygens (including phenoxy) is 3. The molecule has 1 aliphatic heterocycles. The largest absolute Gasteiger partial charge is 0.493 e. The lowest BCUT2D eigenvalue weighted by molar-refractivity contribution is -0.134. The Bertz CT molecular complexity index is 760. The van der Waals surface area contributed by atoms with Crippen molar-refractivity contribution in [2.75, 3.05) is 20.8 Å². The van der Waals surface area contributed by atoms with Crippen LogP contribution in [-0.4, -0.2) is 37.7 Å². The van der Waals surface area contributed by atoms with E-state index in [0.29, 0.717) is 25.3 Å². The van der Waals surface area contributed by atoms with Crippen molar-refractivity contribution in [1.29, 1.82) is 0 Å². The van der Waals surface area contributed by atoms with Gasteiger partial charge in [0.15, 0.2) is 11.5 Å². The molecule has 0 spiro atoms. The minimum atomic E-state index is 0.105. The molecular formula is C21H25NO4. The molecule has 26 heavy (non-hydrogen) atoms. The first-order valence-corrected chi connectivity index (χ1v) is 8.83. The lowest BCUT2D eigenvalue weighted by atomic mass is 9.94. The molecule has 0 saturated carbocycles. The molecule has 2 aromatic rings. The van der Waals surface area contributed by atoms with Crippen molar-refractivity contribution in [2.24, 2.45) is 0 Å². The molecule has 1 atom stereocenters. The standard InChI is InChI=1S/C21H25NO4/c1-15-11-16-12-19(24-2)20(25-3)13-17(16)14-22(15)21(23)9-10-26-18-7-5-4-6-8-18/h4-8,12-13,15H,9-11,14H2,1-3H3. The van der Waals surface area contributed by atoms with Crippen molar-refractivity contribution in [3.63, 3.8) is 0 Å². The molecule has 1 amide bonds. The highest BCUT2D eigenvalue weighted by molar-refractivity contribution is 5.77. The minimum absolute atomic E-state index is 0.105. The number of hydrogen-bond donors (Lipinski definition) is 0. The summed E-state index contributed by atoms with van der Waals surface area (Å²) in [6.45, 7) is 3.04. The van der Waals surface area contributed by atoms with Gasteiger partial charge in [-0.1, -0.05) is 18.2 Å². The van der Waals surface area contributed by atoms with Gasteiger partial charge < -0.3 is 19.1 Å². The molecular weight excluding hydrogens is 330 g/mol. The first kappa shape index (κ1) is 18.1. The van der Waals surface area contributed by atoms with E-state index >= 15 is 0 Å². The SMILES string of the molecule is COc1cc2c(cc1OC)CN(C(=O)CCOc1ccccc1)C(C)C2. The van der Waals surface area contributed by atoms with Crippen LogP contribution in [0.15, 0.2) is 42.5 Å². The molecule has 2 aromatic carbocycles. The molecule has 0 fully saturated rings. The Balaban J connectivity index is 1.65. The normalized spacial score (nSPS) is 16.0. The zero-order chi connectivity index (χ0) is 18.5. The maximum absolute atomic E-state index is 12.7. The van der Waals surface area contributed by atoms with Crippen molar-refractivity contribution in [3.05, 3.63) is 53.6 Å². The summed E-state index contributed by atoms with van der Waals surface area (Å²) >= 11 is 0. The third-order valence-electron chi connectivity index (χ3n) is 4.74. The number of fused-ring (bicyclic) bond motifs is 1. The Morgan fingerprint density at radius 2 is 1.73 bits per heavy atom. The van der Waals surface area contributed by atoms with Gasteiger partial charge in [-0.05, 0) is 48.7 Å². The van der Waals surface area contributed by atoms with E-state index in [1.165, 1.54) is 5.56 Å². The first-order valence-electron chi connectivity index (χ1n) is 8.83. The second-order valence-corrected chi connectivity index (χ2v) is 6.46. The molecule has 1 unspecified atom stereocenters. The fourth-order valence-corrected chi connectivity index (χ4v) is 3.32. The van der Waals surface area contributed by atoms with E-state index in [9.17, 15) is 4.79 Å². The first-order chi connectivity index (χ1) is 12.6. The lowest BCUT2D eigenvalue weighted by Crippen LogP contribution is -2.43. The Hall–Kier alpha value is -2.69. The summed E-state index contributed by atoms with van der Waals surface area (Å²) in [6, 6.07) is 13.7. The van der Waals surface area contributed by atoms with Crippen LogP contribution in [0, 0.1) is 0 Å². The van der Waals surface area contributed by atoms with Gasteiger partial charge in [-0.15, -0.1) is 0 Å². The van der Waals surface area contributed by atoms with E-state index < -0.39 is 0 Å². The van der Waals surface area contributed by atoms with Gasteiger partial charge >= 0.3 is 0 Å². The highest BCUT2D eigenvalue weighted by Crippen LogP contribution is 2.34. The van der Waals surface area contributed by atoms with Crippen molar-refractivity contribution < 1.29 is 19.0 Å². The Morgan fingerprint density at radius 1 is 1.08 bits per heavy atom. The van der Waals surface area contributed by atoms with Crippen molar-refractivity contribution in [3.8, 4) is 17.2 Å². The summed E-state index contributed by atoms with van der Waals surface area (Å²) in [5.74, 6) is 2.32. The van der Waals surface area contributed by atoms with Crippen LogP contribution in [0.4, 0.5) is 0 Å². The zero-order valence-corrected chi connectivity index (χ0v) is 15.5. The molecule has 1 aliphatic rings. The van der Waals surface area contributed by atoms with E-state index in [0.717, 1.165) is 23.5 Å². The molecule has 0 saturated heterocycles. The topological polar surface area (TPSA) is 48.0 Å². The zero-order valence-electron chi connectivity index (χ0n) is 15.5. The van der Waals surface area contributed by atoms with Gasteiger partial charge in [-0.2, -0.15) is 0 Å². The molecule has 5 heteroatoms. The smallest absolute Gasteiger partial charge is 0.226 e. The van der Waals surface area contributed by atoms with Gasteiger partial charge in [0.05, 0.1) is 27.2 Å². The summed E-state index contributed by atoms with van der Waals surface area (Å²) in [7, 11) is 3.26. The molecule has 3 rings (SSSR count). The Labute approximate surface area is 154 Å². The van der Waals surface area contributed by atoms with Crippen LogP contribution in [0.3, 0.4) is 0 Å². The summed E-state index contributed by atoms with van der Waals surface area (Å²) in [4.78, 5) is 14.6. The number of amides is 1. The predicted molar refractivity (Wildman–Crippen MR) is 99.8 cm³/mol. The second-order valence-electron chi connectivity index (χ2n) is 6.46. The van der Waals surface area contributed by atoms with Gasteiger partial charge in [0, 0.05) is 12.6 Å². The average molecular weight is 355 g/mol. The molecule has 0 aromatic heterocycles. The van der Waals surface area contributed by atoms with Crippen molar-refractivity contribution in [2.45, 2.75) is 32.4 Å². The van der Waals surface area contributed by atoms with Crippen molar-refractivity contribution >= 4 is 5.91 Å². The predicted octanol–water partition coefficient (Wildman–Crippen LogP) is 3.45. The van der Waals surface area contributed by atoms with Crippen LogP contribution in [0.25, 0.3) is 0 Å². The number of carbonyl (C=O) groups excluding carboxylic acids is 1. The number of carbonyl (C=O) groups is 1. The molecule has 1 heterocycles. The van der Waals surface area contributed by atoms with Crippen LogP contribution < -0.4 is 14.2 Å². The summed E-state index contributed by atoms with van der Waals surface area (Å²) in [6.07, 6.45) is 1.17. The van der Waals surface area contributed by atoms with E-state index in [-0.39, 0.29) is 11.9 Å². The van der Waals surface area contributed by atoms with E-state index in [1.54, 1.807) is 14.2 Å². The highest BCUT2D eigenvalue weighted by atomic mass is 16.5. The Morgan fingerprint density at radius 3 is 2.38 bits per heavy atom. The fraction of sp³-hybridized carbons (Fsp3) is 0.381. The summed E-state index contributed by atoms with van der Waals surface area (Å²) in [5, 5.41) is 0. The molecule has 0 bridgehead atoms. The number of hydrogen-bond acceptors (Lipinski definition) is 4. The van der Waals surface area contributed by atoms with E-state index in [1.807, 2.05) is 47.4 Å². The van der Waals surface area contributed by atoms with E-state index in [4.69, 9.17) is 14.2 Å². The molecule has 0 N–H and O–H groups in total. The van der Waals surface area contributed by atoms with Crippen LogP contribution in [0.2, 0.25) is 0 Å². The van der Waals surface area contributed by atoms with E-state index in [2.05, 4.69) is 6.92 Å². The number of benzene rings is 2. The van der Waals surface area contributed by atoms with Gasteiger partial charge in [-0.3, -0.25) is 4.79 Å². The lowest BCUT2D eigenvalue weighted by Gasteiger charge is -2.35. The van der Waals surface area contributed by atoms with Gasteiger partial charge in [0.1, 0.15) is 5.75 Å². The second kappa shape index (κ2) is 8.13. The average Bonchev–Trinajstić information content (AvgIpc) is 2.67. The number of para-hydroxylation sites is 1. The highest BCUT2D eigenvalue weighted by Gasteiger charge is 2.28. The maximum Gasteiger partial charge on any atom is 0.226 e. The Kier molecular flexibility index (Phi) is 5.66. The maximum atomic E-state index is 12.7. The number of methoxy groups -OCH3 is 2. The van der Waals surface area contributed by atoms with Crippen molar-refractivity contribution in [1.82, 2.24) is 4.90 Å². The van der Waals surface area contributed by atoms with Crippen LogP contribution in [0.5, 0.6) is 17.2 Å². The molecule has 5 nitrogen and oxygen atoms in total. The van der Waals surface area contributed by atoms with Gasteiger partial charge in [0.25, 0.3) is 0 Å². The third-order valence-corrected chi connectivity index (χ3v) is 4.74. The van der Waals surface area contributed by atoms with Crippen LogP contribution in [0.1, 0.15) is 24.5 Å². The molecule has 138 valence electrons. The summed E-state index contributed by atoms with van der Waals surface area (Å²) < 4.78 is 16.4. The minimum Gasteiger partial charge on any atom is -0.493 e. The van der Waals surface area contributed by atoms with Gasteiger partial charge in [0.2, 0.25) is 5.91 Å². The fourth-order valence-electron chi connectivity index (χ4n) is 3.32. The molecule has 0 aliphatic carbocycles. The van der Waals surface area contributed by atoms with Crippen LogP contribution in [-0.2, 0) is 17.8 Å². The quantitative estimate of drug-likeness (QED) is 0.796. The summed E-state index contributed by atoms with van der Waals surface area (Å²) in [5.41, 5.74) is 2.32. The number of nitrogens with zero attached hydrogens (tertiary/aromatic N) is 1. The van der Waals surface area contributed by atoms with Crippen LogP contribution >= 0.6 is 0 Å². The monoisotopic (exact) mass is 355 g/mol.